The highest BCUT2D eigenvalue weighted by molar-refractivity contribution is 7.94. The molecule has 0 aliphatic heterocycles. The molecule has 20 heavy (non-hydrogen) atoms. The third-order valence-corrected chi connectivity index (χ3v) is 6.88. The molecule has 0 saturated carbocycles. The van der Waals surface area contributed by atoms with Crippen LogP contribution in [0.4, 0.5) is 5.82 Å². The minimum Gasteiger partial charge on any atom is -0.337 e. The van der Waals surface area contributed by atoms with E-state index in [1.165, 1.54) is 10.4 Å². The van der Waals surface area contributed by atoms with Gasteiger partial charge in [0, 0.05) is 19.8 Å². The summed E-state index contributed by atoms with van der Waals surface area (Å²) in [4.78, 5) is 0. The molecule has 2 rings (SSSR count). The van der Waals surface area contributed by atoms with Crippen LogP contribution in [0.25, 0.3) is 0 Å². The van der Waals surface area contributed by atoms with E-state index in [0.717, 1.165) is 11.3 Å². The summed E-state index contributed by atoms with van der Waals surface area (Å²) in [6, 6.07) is 4.97. The van der Waals surface area contributed by atoms with Crippen LogP contribution in [0.2, 0.25) is 9.36 Å². The van der Waals surface area contributed by atoms with Crippen molar-refractivity contribution >= 4 is 50.4 Å². The first-order valence-electron chi connectivity index (χ1n) is 5.96. The number of rotatable bonds is 5. The van der Waals surface area contributed by atoms with Crippen LogP contribution in [0.15, 0.2) is 28.6 Å². The highest BCUT2D eigenvalue weighted by Crippen LogP contribution is 2.36. The van der Waals surface area contributed by atoms with Crippen LogP contribution in [0.1, 0.15) is 13.3 Å². The van der Waals surface area contributed by atoms with Crippen molar-refractivity contribution in [3.8, 4) is 0 Å². The van der Waals surface area contributed by atoms with Gasteiger partial charge in [0.2, 0.25) is 0 Å². The summed E-state index contributed by atoms with van der Waals surface area (Å²) in [6.07, 6.45) is 2.51. The molecule has 0 aromatic carbocycles. The number of aryl methyl sites for hydroxylation is 1. The van der Waals surface area contributed by atoms with Gasteiger partial charge in [-0.3, -0.25) is 4.31 Å². The molecule has 0 spiro atoms. The van der Waals surface area contributed by atoms with Gasteiger partial charge in [-0.05, 0) is 24.6 Å². The van der Waals surface area contributed by atoms with E-state index in [9.17, 15) is 8.42 Å². The maximum atomic E-state index is 12.7. The Balaban J connectivity index is 2.50. The zero-order chi connectivity index (χ0) is 14.9. The molecule has 0 amide bonds. The molecule has 0 aliphatic carbocycles. The van der Waals surface area contributed by atoms with Gasteiger partial charge in [0.15, 0.2) is 0 Å². The van der Waals surface area contributed by atoms with Gasteiger partial charge in [-0.1, -0.05) is 30.1 Å². The van der Waals surface area contributed by atoms with Gasteiger partial charge < -0.3 is 4.57 Å². The van der Waals surface area contributed by atoms with Crippen LogP contribution >= 0.6 is 34.5 Å². The maximum Gasteiger partial charge on any atom is 0.275 e. The first-order chi connectivity index (χ1) is 9.37. The third-order valence-electron chi connectivity index (χ3n) is 2.77. The second-order valence-electron chi connectivity index (χ2n) is 4.24. The van der Waals surface area contributed by atoms with E-state index < -0.39 is 10.0 Å². The standard InChI is InChI=1S/C12H14Cl2N2O2S2/c1-3-6-16(10-5-4-7-15(10)2)20(17,18)11-8-9(13)12(14)19-11/h4-5,7-8H,3,6H2,1-2H3. The summed E-state index contributed by atoms with van der Waals surface area (Å²) in [7, 11) is -1.84. The SMILES string of the molecule is CCCN(c1cccn1C)S(=O)(=O)c1cc(Cl)c(Cl)s1. The minimum atomic E-state index is -3.65. The van der Waals surface area contributed by atoms with Crippen LogP contribution in [-0.2, 0) is 17.1 Å². The van der Waals surface area contributed by atoms with E-state index >= 15 is 0 Å². The zero-order valence-electron chi connectivity index (χ0n) is 11.0. The molecule has 2 heterocycles. The fourth-order valence-electron chi connectivity index (χ4n) is 1.83. The lowest BCUT2D eigenvalue weighted by Crippen LogP contribution is -2.32. The molecular formula is C12H14Cl2N2O2S2. The highest BCUT2D eigenvalue weighted by Gasteiger charge is 2.28. The molecule has 0 bridgehead atoms. The number of aromatic nitrogens is 1. The molecule has 4 nitrogen and oxygen atoms in total. The lowest BCUT2D eigenvalue weighted by Gasteiger charge is -2.23. The average molecular weight is 353 g/mol. The fraction of sp³-hybridized carbons (Fsp3) is 0.333. The first kappa shape index (κ1) is 15.7. The van der Waals surface area contributed by atoms with E-state index in [2.05, 4.69) is 0 Å². The molecular weight excluding hydrogens is 339 g/mol. The van der Waals surface area contributed by atoms with Gasteiger partial charge in [0.25, 0.3) is 10.0 Å². The van der Waals surface area contributed by atoms with Crippen molar-refractivity contribution in [2.75, 3.05) is 10.8 Å². The summed E-state index contributed by atoms with van der Waals surface area (Å²) in [5.41, 5.74) is 0. The van der Waals surface area contributed by atoms with Crippen LogP contribution in [-0.4, -0.2) is 19.5 Å². The Morgan fingerprint density at radius 2 is 2.10 bits per heavy atom. The summed E-state index contributed by atoms with van der Waals surface area (Å²) >= 11 is 12.7. The molecule has 0 atom stereocenters. The van der Waals surface area contributed by atoms with Gasteiger partial charge in [0.1, 0.15) is 14.4 Å². The van der Waals surface area contributed by atoms with Crippen molar-refractivity contribution in [1.29, 1.82) is 0 Å². The van der Waals surface area contributed by atoms with Crippen molar-refractivity contribution in [1.82, 2.24) is 4.57 Å². The fourth-order valence-corrected chi connectivity index (χ4v) is 5.42. The van der Waals surface area contributed by atoms with Crippen LogP contribution < -0.4 is 4.31 Å². The summed E-state index contributed by atoms with van der Waals surface area (Å²) in [5, 5.41) is 0.263. The Morgan fingerprint density at radius 1 is 1.40 bits per heavy atom. The molecule has 0 N–H and O–H groups in total. The monoisotopic (exact) mass is 352 g/mol. The predicted molar refractivity (Wildman–Crippen MR) is 84.6 cm³/mol. The third kappa shape index (κ3) is 2.83. The van der Waals surface area contributed by atoms with Crippen molar-refractivity contribution in [2.24, 2.45) is 7.05 Å². The van der Waals surface area contributed by atoms with Gasteiger partial charge in [-0.2, -0.15) is 0 Å². The van der Waals surface area contributed by atoms with Crippen LogP contribution in [0, 0.1) is 0 Å². The molecule has 0 radical (unpaired) electrons. The highest BCUT2D eigenvalue weighted by atomic mass is 35.5. The lowest BCUT2D eigenvalue weighted by atomic mass is 10.5. The van der Waals surface area contributed by atoms with Crippen LogP contribution in [0.5, 0.6) is 0 Å². The summed E-state index contributed by atoms with van der Waals surface area (Å²) < 4.78 is 29.1. The second kappa shape index (κ2) is 5.97. The Bertz CT molecular complexity index is 687. The molecule has 0 unspecified atom stereocenters. The Labute approximate surface area is 132 Å². The number of halogens is 2. The quantitative estimate of drug-likeness (QED) is 0.815. The second-order valence-corrected chi connectivity index (χ2v) is 8.39. The smallest absolute Gasteiger partial charge is 0.275 e. The van der Waals surface area contributed by atoms with Gasteiger partial charge in [-0.25, -0.2) is 8.42 Å². The molecule has 2 aromatic heterocycles. The number of sulfonamides is 1. The minimum absolute atomic E-state index is 0.155. The molecule has 0 aliphatic rings. The van der Waals surface area contributed by atoms with Gasteiger partial charge >= 0.3 is 0 Å². The molecule has 0 fully saturated rings. The molecule has 110 valence electrons. The van der Waals surface area contributed by atoms with E-state index in [1.807, 2.05) is 26.2 Å². The average Bonchev–Trinajstić information content (AvgIpc) is 2.94. The number of nitrogens with zero attached hydrogens (tertiary/aromatic N) is 2. The molecule has 0 saturated heterocycles. The predicted octanol–water partition coefficient (Wildman–Crippen LogP) is 4.00. The molecule has 8 heteroatoms. The Morgan fingerprint density at radius 3 is 2.55 bits per heavy atom. The Hall–Kier alpha value is -0.690. The number of thiophene rings is 1. The topological polar surface area (TPSA) is 42.3 Å². The first-order valence-corrected chi connectivity index (χ1v) is 8.98. The summed E-state index contributed by atoms with van der Waals surface area (Å²) in [6.45, 7) is 2.33. The van der Waals surface area contributed by atoms with E-state index in [4.69, 9.17) is 23.2 Å². The Kier molecular flexibility index (Phi) is 4.69. The summed E-state index contributed by atoms with van der Waals surface area (Å²) in [5.74, 6) is 0.618. The van der Waals surface area contributed by atoms with Gasteiger partial charge in [0.05, 0.1) is 5.02 Å². The van der Waals surface area contributed by atoms with Crippen molar-refractivity contribution < 1.29 is 8.42 Å². The van der Waals surface area contributed by atoms with E-state index in [0.29, 0.717) is 18.8 Å². The lowest BCUT2D eigenvalue weighted by molar-refractivity contribution is 0.590. The number of anilines is 1. The molecule has 2 aromatic rings. The van der Waals surface area contributed by atoms with E-state index in [1.54, 1.807) is 10.6 Å². The van der Waals surface area contributed by atoms with Gasteiger partial charge in [-0.15, -0.1) is 11.3 Å². The largest absolute Gasteiger partial charge is 0.337 e. The van der Waals surface area contributed by atoms with Crippen molar-refractivity contribution in [3.63, 3.8) is 0 Å². The van der Waals surface area contributed by atoms with Crippen molar-refractivity contribution in [3.05, 3.63) is 33.8 Å². The number of hydrogen-bond acceptors (Lipinski definition) is 3. The van der Waals surface area contributed by atoms with Crippen LogP contribution in [0.3, 0.4) is 0 Å². The van der Waals surface area contributed by atoms with E-state index in [-0.39, 0.29) is 13.6 Å². The zero-order valence-corrected chi connectivity index (χ0v) is 14.2. The normalized spacial score (nSPS) is 11.8. The van der Waals surface area contributed by atoms with Crippen molar-refractivity contribution in [2.45, 2.75) is 17.6 Å². The number of hydrogen-bond donors (Lipinski definition) is 0. The maximum absolute atomic E-state index is 12.7.